The van der Waals surface area contributed by atoms with Crippen molar-refractivity contribution in [1.82, 2.24) is 20.0 Å². The molecule has 0 unspecified atom stereocenters. The minimum Gasteiger partial charge on any atom is -0.475 e. The molecule has 4 heterocycles. The van der Waals surface area contributed by atoms with Crippen molar-refractivity contribution in [3.05, 3.63) is 41.8 Å². The van der Waals surface area contributed by atoms with Gasteiger partial charge in [-0.2, -0.15) is 31.3 Å². The monoisotopic (exact) mass is 528 g/mol. The molecule has 2 aromatic rings. The Hall–Kier alpha value is -3.27. The molecule has 2 N–H and O–H groups in total. The van der Waals surface area contributed by atoms with Crippen LogP contribution in [0.2, 0.25) is 0 Å². The van der Waals surface area contributed by atoms with Gasteiger partial charge in [-0.25, -0.2) is 9.59 Å². The van der Waals surface area contributed by atoms with Crippen LogP contribution in [0.15, 0.2) is 29.0 Å². The first kappa shape index (κ1) is 29.0. The first-order chi connectivity index (χ1) is 16.7. The summed E-state index contributed by atoms with van der Waals surface area (Å²) in [7, 11) is 0. The fraction of sp³-hybridized carbons (Fsp3) is 0.550. The van der Waals surface area contributed by atoms with E-state index in [1.54, 1.807) is 0 Å². The molecule has 200 valence electrons. The molecular formula is C20H22F6N4O6. The van der Waals surface area contributed by atoms with Crippen molar-refractivity contribution >= 4 is 11.9 Å². The molecule has 16 heteroatoms. The van der Waals surface area contributed by atoms with Crippen LogP contribution in [0.25, 0.3) is 0 Å². The zero-order valence-electron chi connectivity index (χ0n) is 18.7. The predicted molar refractivity (Wildman–Crippen MR) is 106 cm³/mol. The maximum Gasteiger partial charge on any atom is 0.490 e. The van der Waals surface area contributed by atoms with Gasteiger partial charge in [-0.1, -0.05) is 11.2 Å². The van der Waals surface area contributed by atoms with Gasteiger partial charge in [0.05, 0.1) is 6.10 Å². The fourth-order valence-electron chi connectivity index (χ4n) is 3.56. The summed E-state index contributed by atoms with van der Waals surface area (Å²) in [4.78, 5) is 28.8. The number of hydrogen-bond donors (Lipinski definition) is 2. The lowest BCUT2D eigenvalue weighted by Gasteiger charge is -2.34. The van der Waals surface area contributed by atoms with E-state index in [2.05, 4.69) is 26.1 Å². The minimum absolute atomic E-state index is 0.0409. The van der Waals surface area contributed by atoms with Crippen molar-refractivity contribution in [1.29, 1.82) is 0 Å². The fourth-order valence-corrected chi connectivity index (χ4v) is 3.56. The molecule has 10 nitrogen and oxygen atoms in total. The summed E-state index contributed by atoms with van der Waals surface area (Å²) in [6, 6.07) is 4.61. The Labute approximate surface area is 199 Å². The second-order valence-electron chi connectivity index (χ2n) is 7.71. The van der Waals surface area contributed by atoms with Crippen LogP contribution in [0.5, 0.6) is 0 Å². The van der Waals surface area contributed by atoms with Gasteiger partial charge in [-0.05, 0) is 37.8 Å². The molecule has 0 aliphatic carbocycles. The third-order valence-electron chi connectivity index (χ3n) is 5.07. The molecular weight excluding hydrogens is 506 g/mol. The zero-order chi connectivity index (χ0) is 27.1. The normalized spacial score (nSPS) is 21.9. The number of ether oxygens (including phenoxy) is 1. The smallest absolute Gasteiger partial charge is 0.475 e. The number of likely N-dealkylation sites (tertiary alicyclic amines) is 1. The number of aliphatic carboxylic acids is 2. The first-order valence-corrected chi connectivity index (χ1v) is 10.4. The van der Waals surface area contributed by atoms with Gasteiger partial charge < -0.3 is 19.5 Å². The van der Waals surface area contributed by atoms with Crippen LogP contribution < -0.4 is 0 Å². The maximum absolute atomic E-state index is 10.6. The SMILES string of the molecule is Cc1noc([C@H]2CC[C@@H]3[C@@H](CCN3Cc3cccnc3)O2)n1.O=C(O)C(F)(F)F.O=C(O)C(F)(F)F. The molecule has 2 saturated heterocycles. The van der Waals surface area contributed by atoms with E-state index in [9.17, 15) is 26.3 Å². The Kier molecular flexibility index (Phi) is 9.75. The summed E-state index contributed by atoms with van der Waals surface area (Å²) in [5.74, 6) is -4.22. The molecule has 2 aromatic heterocycles. The molecule has 0 aromatic carbocycles. The lowest BCUT2D eigenvalue weighted by molar-refractivity contribution is -0.193. The molecule has 0 saturated carbocycles. The topological polar surface area (TPSA) is 139 Å². The predicted octanol–water partition coefficient (Wildman–Crippen LogP) is 3.53. The van der Waals surface area contributed by atoms with Crippen molar-refractivity contribution in [3.8, 4) is 0 Å². The lowest BCUT2D eigenvalue weighted by atomic mass is 9.99. The van der Waals surface area contributed by atoms with Crippen molar-refractivity contribution in [2.24, 2.45) is 0 Å². The number of carboxylic acid groups (broad SMARTS) is 2. The zero-order valence-corrected chi connectivity index (χ0v) is 18.7. The first-order valence-electron chi connectivity index (χ1n) is 10.4. The quantitative estimate of drug-likeness (QED) is 0.569. The number of nitrogens with zero attached hydrogens (tertiary/aromatic N) is 4. The van der Waals surface area contributed by atoms with E-state index < -0.39 is 24.3 Å². The summed E-state index contributed by atoms with van der Waals surface area (Å²) < 4.78 is 75.0. The van der Waals surface area contributed by atoms with E-state index in [1.807, 2.05) is 25.4 Å². The minimum atomic E-state index is -5.08. The molecule has 0 spiro atoms. The van der Waals surface area contributed by atoms with Crippen LogP contribution in [-0.4, -0.2) is 73.2 Å². The highest BCUT2D eigenvalue weighted by molar-refractivity contribution is 5.73. The lowest BCUT2D eigenvalue weighted by Crippen LogP contribution is -2.40. The molecule has 0 amide bonds. The van der Waals surface area contributed by atoms with Crippen molar-refractivity contribution in [2.75, 3.05) is 6.54 Å². The number of alkyl halides is 6. The number of halogens is 6. The van der Waals surface area contributed by atoms with Crippen LogP contribution in [0, 0.1) is 6.92 Å². The summed E-state index contributed by atoms with van der Waals surface area (Å²) in [5.41, 5.74) is 1.26. The molecule has 3 atom stereocenters. The van der Waals surface area contributed by atoms with Crippen LogP contribution in [0.1, 0.15) is 42.6 Å². The van der Waals surface area contributed by atoms with E-state index in [4.69, 9.17) is 29.1 Å². The van der Waals surface area contributed by atoms with E-state index in [0.29, 0.717) is 17.8 Å². The third kappa shape index (κ3) is 8.75. The summed E-state index contributed by atoms with van der Waals surface area (Å²) in [5, 5.41) is 18.1. The van der Waals surface area contributed by atoms with Gasteiger partial charge in [0.1, 0.15) is 6.10 Å². The molecule has 2 aliphatic rings. The standard InChI is InChI=1S/C16H20N4O2.2C2HF3O2/c1-11-18-16(22-19-11)15-5-4-13-14(21-15)6-8-20(13)10-12-3-2-7-17-9-12;2*3-2(4,5)1(6)7/h2-3,7,9,13-15H,4-6,8,10H2,1H3;2*(H,6,7)/t13-,14-,15-;;/m1../s1. The van der Waals surface area contributed by atoms with Crippen LogP contribution in [-0.2, 0) is 20.9 Å². The second-order valence-corrected chi connectivity index (χ2v) is 7.71. The average Bonchev–Trinajstić information content (AvgIpc) is 3.40. The molecule has 36 heavy (non-hydrogen) atoms. The van der Waals surface area contributed by atoms with Gasteiger partial charge in [-0.3, -0.25) is 9.88 Å². The van der Waals surface area contributed by atoms with E-state index in [-0.39, 0.29) is 12.2 Å². The molecule has 4 rings (SSSR count). The molecule has 0 radical (unpaired) electrons. The van der Waals surface area contributed by atoms with Crippen LogP contribution >= 0.6 is 0 Å². The van der Waals surface area contributed by atoms with Gasteiger partial charge in [0.25, 0.3) is 5.89 Å². The number of carbonyl (C=O) groups is 2. The summed E-state index contributed by atoms with van der Waals surface area (Å²) in [6.07, 6.45) is -3.07. The molecule has 2 aliphatic heterocycles. The highest BCUT2D eigenvalue weighted by Crippen LogP contribution is 2.38. The highest BCUT2D eigenvalue weighted by atomic mass is 19.4. The van der Waals surface area contributed by atoms with Gasteiger partial charge >= 0.3 is 24.3 Å². The van der Waals surface area contributed by atoms with Gasteiger partial charge in [-0.15, -0.1) is 0 Å². The van der Waals surface area contributed by atoms with Gasteiger partial charge in [0.15, 0.2) is 5.82 Å². The van der Waals surface area contributed by atoms with Crippen LogP contribution in [0.4, 0.5) is 26.3 Å². The number of hydrogen-bond acceptors (Lipinski definition) is 8. The number of aromatic nitrogens is 3. The number of aryl methyl sites for hydroxylation is 1. The van der Waals surface area contributed by atoms with E-state index in [1.165, 1.54) is 5.56 Å². The highest BCUT2D eigenvalue weighted by Gasteiger charge is 2.41. The average molecular weight is 528 g/mol. The second kappa shape index (κ2) is 12.1. The van der Waals surface area contributed by atoms with Crippen molar-refractivity contribution in [3.63, 3.8) is 0 Å². The molecule has 2 fully saturated rings. The van der Waals surface area contributed by atoms with E-state index >= 15 is 0 Å². The number of pyridine rings is 1. The summed E-state index contributed by atoms with van der Waals surface area (Å²) in [6.45, 7) is 3.85. The van der Waals surface area contributed by atoms with Gasteiger partial charge in [0.2, 0.25) is 0 Å². The number of rotatable bonds is 3. The summed E-state index contributed by atoms with van der Waals surface area (Å²) >= 11 is 0. The Balaban J connectivity index is 0.000000271. The Morgan fingerprint density at radius 1 is 1.08 bits per heavy atom. The third-order valence-corrected chi connectivity index (χ3v) is 5.07. The number of carboxylic acids is 2. The maximum atomic E-state index is 10.6. The van der Waals surface area contributed by atoms with Crippen molar-refractivity contribution < 1.29 is 55.4 Å². The van der Waals surface area contributed by atoms with E-state index in [0.717, 1.165) is 32.4 Å². The largest absolute Gasteiger partial charge is 0.490 e. The Morgan fingerprint density at radius 2 is 1.69 bits per heavy atom. The van der Waals surface area contributed by atoms with Crippen molar-refractivity contribution in [2.45, 2.75) is 63.3 Å². The number of fused-ring (bicyclic) bond motifs is 1. The molecule has 0 bridgehead atoms. The Morgan fingerprint density at radius 3 is 2.17 bits per heavy atom. The van der Waals surface area contributed by atoms with Gasteiger partial charge in [0, 0.05) is 31.5 Å². The Bertz CT molecular complexity index is 977. The van der Waals surface area contributed by atoms with Crippen LogP contribution in [0.3, 0.4) is 0 Å².